The summed E-state index contributed by atoms with van der Waals surface area (Å²) in [6, 6.07) is 0. The first-order valence-corrected chi connectivity index (χ1v) is 35.8. The predicted octanol–water partition coefficient (Wildman–Crippen LogP) is 22.2. The average molecular weight is 1170 g/mol. The van der Waals surface area contributed by atoms with Crippen LogP contribution in [0.1, 0.15) is 309 Å². The number of nitrogens with zero attached hydrogens (tertiary/aromatic N) is 1. The second-order valence-corrected chi connectivity index (χ2v) is 25.6. The van der Waals surface area contributed by atoms with E-state index in [0.29, 0.717) is 17.4 Å². The highest BCUT2D eigenvalue weighted by atomic mass is 31.2. The minimum Gasteiger partial charge on any atom is -0.462 e. The first-order chi connectivity index (χ1) is 40.0. The van der Waals surface area contributed by atoms with Gasteiger partial charge in [0, 0.05) is 12.8 Å². The van der Waals surface area contributed by atoms with Crippen LogP contribution in [0.5, 0.6) is 0 Å². The molecule has 0 radical (unpaired) electrons. The number of ether oxygens (including phenoxy) is 2. The maximum absolute atomic E-state index is 12.9. The third-order valence-electron chi connectivity index (χ3n) is 14.9. The first kappa shape index (κ1) is 79.2. The summed E-state index contributed by atoms with van der Waals surface area (Å²) < 4.78 is 34.7. The Morgan fingerprint density at radius 3 is 1.05 bits per heavy atom. The highest BCUT2D eigenvalue weighted by Gasteiger charge is 2.27. The molecule has 0 saturated heterocycles. The number of hydrogen-bond acceptors (Lipinski definition) is 7. The van der Waals surface area contributed by atoms with Gasteiger partial charge in [0.15, 0.2) is 6.10 Å². The summed E-state index contributed by atoms with van der Waals surface area (Å²) in [6.45, 7) is 4.36. The van der Waals surface area contributed by atoms with E-state index in [1.807, 2.05) is 21.1 Å². The van der Waals surface area contributed by atoms with Gasteiger partial charge in [-0.25, -0.2) is 4.57 Å². The number of carbonyl (C=O) groups excluding carboxylic acids is 2. The van der Waals surface area contributed by atoms with Crippen LogP contribution < -0.4 is 0 Å². The lowest BCUT2D eigenvalue weighted by Crippen LogP contribution is -2.37. The van der Waals surface area contributed by atoms with Crippen LogP contribution in [0.3, 0.4) is 0 Å². The maximum Gasteiger partial charge on any atom is 0.472 e. The molecule has 2 unspecified atom stereocenters. The van der Waals surface area contributed by atoms with Crippen molar-refractivity contribution in [2.24, 2.45) is 0 Å². The van der Waals surface area contributed by atoms with E-state index in [0.717, 1.165) is 77.0 Å². The van der Waals surface area contributed by atoms with Gasteiger partial charge in [-0.2, -0.15) is 0 Å². The fourth-order valence-corrected chi connectivity index (χ4v) is 10.4. The molecular weight excluding hydrogens is 1040 g/mol. The van der Waals surface area contributed by atoms with Crippen molar-refractivity contribution in [1.82, 2.24) is 0 Å². The normalized spacial score (nSPS) is 13.7. The summed E-state index contributed by atoms with van der Waals surface area (Å²) >= 11 is 0. The van der Waals surface area contributed by atoms with Crippen LogP contribution in [0.15, 0.2) is 85.1 Å². The van der Waals surface area contributed by atoms with Crippen LogP contribution >= 0.6 is 7.82 Å². The molecule has 0 heterocycles. The average Bonchev–Trinajstić information content (AvgIpc) is 3.46. The second-order valence-electron chi connectivity index (χ2n) is 24.2. The Morgan fingerprint density at radius 2 is 0.695 bits per heavy atom. The molecule has 0 fully saturated rings. The second kappa shape index (κ2) is 62.7. The molecule has 0 aromatic rings. The van der Waals surface area contributed by atoms with Crippen LogP contribution in [0.4, 0.5) is 0 Å². The summed E-state index contributed by atoms with van der Waals surface area (Å²) in [5, 5.41) is 0. The van der Waals surface area contributed by atoms with Crippen molar-refractivity contribution < 1.29 is 42.1 Å². The molecule has 0 spiro atoms. The van der Waals surface area contributed by atoms with Crippen molar-refractivity contribution in [2.75, 3.05) is 47.5 Å². The Hall–Kier alpha value is -2.81. The third-order valence-corrected chi connectivity index (χ3v) is 15.9. The lowest BCUT2D eigenvalue weighted by Gasteiger charge is -2.24. The number of unbranched alkanes of at least 4 members (excludes halogenated alkanes) is 35. The van der Waals surface area contributed by atoms with Crippen molar-refractivity contribution in [2.45, 2.75) is 315 Å². The lowest BCUT2D eigenvalue weighted by molar-refractivity contribution is -0.870. The monoisotopic (exact) mass is 1170 g/mol. The van der Waals surface area contributed by atoms with Crippen molar-refractivity contribution in [3.63, 3.8) is 0 Å². The molecule has 0 aliphatic carbocycles. The Morgan fingerprint density at radius 1 is 0.390 bits per heavy atom. The Labute approximate surface area is 507 Å². The number of carbonyl (C=O) groups is 2. The molecule has 0 aromatic heterocycles. The molecule has 0 saturated carbocycles. The SMILES string of the molecule is CC/C=C\C/C=C\C/C=C\C/C=C\C/C=C\C/C=C\CCCCCCCCCCCCCCCCC(=O)OC(COC(=O)CCCCCCCCCCCCCCC/C=C\CCCCCCCCCC)COP(=O)(O)OCC[N+](C)(C)C. The zero-order chi connectivity index (χ0) is 59.8. The number of rotatable bonds is 63. The van der Waals surface area contributed by atoms with Gasteiger partial charge in [0.05, 0.1) is 27.7 Å². The van der Waals surface area contributed by atoms with Crippen LogP contribution in [-0.4, -0.2) is 74.9 Å². The number of allylic oxidation sites excluding steroid dienone is 14. The number of hydrogen-bond donors (Lipinski definition) is 1. The summed E-state index contributed by atoms with van der Waals surface area (Å²) in [4.78, 5) is 35.9. The van der Waals surface area contributed by atoms with E-state index in [4.69, 9.17) is 18.5 Å². The van der Waals surface area contributed by atoms with E-state index in [1.54, 1.807) is 0 Å². The van der Waals surface area contributed by atoms with Gasteiger partial charge in [0.2, 0.25) is 0 Å². The molecule has 0 aliphatic rings. The smallest absolute Gasteiger partial charge is 0.462 e. The van der Waals surface area contributed by atoms with Crippen LogP contribution in [0.25, 0.3) is 0 Å². The van der Waals surface area contributed by atoms with Gasteiger partial charge in [-0.05, 0) is 89.9 Å². The standard InChI is InChI=1S/C72H130NO8P/c1-6-8-10-12-14-16-18-20-22-24-26-28-30-32-33-34-35-36-37-38-39-41-43-45-47-49-51-53-55-57-59-61-63-65-72(75)81-70(69-80-82(76,77)79-67-66-73(3,4)5)68-78-71(74)64-62-60-58-56-54-52-50-48-46-44-42-40-31-29-27-25-23-21-19-17-15-13-11-9-7-2/h8,10,14,16,20,22,25-28,32-33,35-36,70H,6-7,9,11-13,15,17-19,21,23-24,29-31,34,37-69H2,1-5H3/p+1/b10-8-,16-14-,22-20-,27-25-,28-26-,33-32-,36-35-. The largest absolute Gasteiger partial charge is 0.472 e. The topological polar surface area (TPSA) is 108 Å². The number of quaternary nitrogens is 1. The number of esters is 2. The molecule has 0 bridgehead atoms. The Balaban J connectivity index is 4.06. The van der Waals surface area contributed by atoms with Gasteiger partial charge in [0.1, 0.15) is 19.8 Å². The van der Waals surface area contributed by atoms with Gasteiger partial charge < -0.3 is 18.9 Å². The molecule has 1 N–H and O–H groups in total. The highest BCUT2D eigenvalue weighted by Crippen LogP contribution is 2.43. The Kier molecular flexibility index (Phi) is 60.6. The lowest BCUT2D eigenvalue weighted by atomic mass is 10.0. The minimum absolute atomic E-state index is 0.0303. The highest BCUT2D eigenvalue weighted by molar-refractivity contribution is 7.47. The fraction of sp³-hybridized carbons (Fsp3) is 0.778. The molecule has 82 heavy (non-hydrogen) atoms. The molecular formula is C72H131NO8P+. The zero-order valence-corrected chi connectivity index (χ0v) is 55.1. The van der Waals surface area contributed by atoms with Gasteiger partial charge in [0.25, 0.3) is 0 Å². The minimum atomic E-state index is -4.39. The molecule has 2 atom stereocenters. The fourth-order valence-electron chi connectivity index (χ4n) is 9.66. The maximum atomic E-state index is 12.9. The van der Waals surface area contributed by atoms with E-state index >= 15 is 0 Å². The molecule has 0 aliphatic heterocycles. The van der Waals surface area contributed by atoms with Gasteiger partial charge >= 0.3 is 19.8 Å². The van der Waals surface area contributed by atoms with Gasteiger partial charge in [-0.3, -0.25) is 18.6 Å². The number of likely N-dealkylation sites (N-methyl/N-ethyl adjacent to an activating group) is 1. The van der Waals surface area contributed by atoms with Crippen molar-refractivity contribution in [1.29, 1.82) is 0 Å². The molecule has 0 aromatic carbocycles. The van der Waals surface area contributed by atoms with Crippen LogP contribution in [0, 0.1) is 0 Å². The van der Waals surface area contributed by atoms with Crippen molar-refractivity contribution in [3.8, 4) is 0 Å². The van der Waals surface area contributed by atoms with E-state index in [-0.39, 0.29) is 32.0 Å². The van der Waals surface area contributed by atoms with Gasteiger partial charge in [-0.15, -0.1) is 0 Å². The number of phosphoric ester groups is 1. The molecule has 0 rings (SSSR count). The first-order valence-electron chi connectivity index (χ1n) is 34.3. The van der Waals surface area contributed by atoms with Crippen LogP contribution in [0.2, 0.25) is 0 Å². The molecule has 0 amide bonds. The molecule has 10 heteroatoms. The van der Waals surface area contributed by atoms with Crippen molar-refractivity contribution in [3.05, 3.63) is 85.1 Å². The van der Waals surface area contributed by atoms with E-state index in [9.17, 15) is 19.0 Å². The summed E-state index contributed by atoms with van der Waals surface area (Å²) in [6.07, 6.45) is 85.3. The summed E-state index contributed by atoms with van der Waals surface area (Å²) in [7, 11) is 1.48. The van der Waals surface area contributed by atoms with Crippen molar-refractivity contribution >= 4 is 19.8 Å². The zero-order valence-electron chi connectivity index (χ0n) is 54.2. The van der Waals surface area contributed by atoms with E-state index < -0.39 is 26.5 Å². The quantitative estimate of drug-likeness (QED) is 0.0211. The third kappa shape index (κ3) is 66.3. The van der Waals surface area contributed by atoms with E-state index in [2.05, 4.69) is 98.9 Å². The number of phosphoric acid groups is 1. The summed E-state index contributed by atoms with van der Waals surface area (Å²) in [5.41, 5.74) is 0. The van der Waals surface area contributed by atoms with E-state index in [1.165, 1.54) is 199 Å². The Bertz CT molecular complexity index is 1660. The molecule has 476 valence electrons. The summed E-state index contributed by atoms with van der Waals surface area (Å²) in [5.74, 6) is -0.789. The molecule has 9 nitrogen and oxygen atoms in total. The van der Waals surface area contributed by atoms with Gasteiger partial charge in [-0.1, -0.05) is 292 Å². The predicted molar refractivity (Wildman–Crippen MR) is 353 cm³/mol. The van der Waals surface area contributed by atoms with Crippen LogP contribution in [-0.2, 0) is 32.7 Å².